The van der Waals surface area contributed by atoms with Gasteiger partial charge in [0.15, 0.2) is 0 Å². The Morgan fingerprint density at radius 2 is 1.64 bits per heavy atom. The number of nitrogens with zero attached hydrogens (tertiary/aromatic N) is 3. The van der Waals surface area contributed by atoms with Crippen LogP contribution in [0.2, 0.25) is 0 Å². The number of hydrogen-bond acceptors (Lipinski definition) is 5. The van der Waals surface area contributed by atoms with E-state index >= 15 is 0 Å². The van der Waals surface area contributed by atoms with Crippen LogP contribution in [0.15, 0.2) is 107 Å². The summed E-state index contributed by atoms with van der Waals surface area (Å²) >= 11 is 0. The number of carboxylic acid groups (broad SMARTS) is 1. The number of carbonyl (C=O) groups is 3. The van der Waals surface area contributed by atoms with Crippen molar-refractivity contribution in [1.29, 1.82) is 0 Å². The molecule has 0 saturated carbocycles. The summed E-state index contributed by atoms with van der Waals surface area (Å²) in [5.41, 5.74) is 4.37. The second-order valence-electron chi connectivity index (χ2n) is 10.4. The van der Waals surface area contributed by atoms with Crippen molar-refractivity contribution in [3.05, 3.63) is 135 Å². The third-order valence-electron chi connectivity index (χ3n) is 7.50. The summed E-state index contributed by atoms with van der Waals surface area (Å²) in [4.78, 5) is 66.8. The molecule has 12 heteroatoms. The van der Waals surface area contributed by atoms with Crippen molar-refractivity contribution in [2.45, 2.75) is 6.92 Å². The summed E-state index contributed by atoms with van der Waals surface area (Å²) < 4.78 is 2.77. The molecule has 0 saturated heterocycles. The summed E-state index contributed by atoms with van der Waals surface area (Å²) in [6, 6.07) is 23.1. The first kappa shape index (κ1) is 28.7. The Morgan fingerprint density at radius 3 is 2.38 bits per heavy atom. The molecule has 224 valence electrons. The molecule has 0 unspecified atom stereocenters. The maximum atomic E-state index is 13.2. The van der Waals surface area contributed by atoms with Gasteiger partial charge in [-0.1, -0.05) is 30.3 Å². The van der Waals surface area contributed by atoms with E-state index in [0.717, 1.165) is 10.1 Å². The van der Waals surface area contributed by atoms with E-state index in [4.69, 9.17) is 5.11 Å². The molecule has 2 heterocycles. The van der Waals surface area contributed by atoms with Gasteiger partial charge in [0.2, 0.25) is 0 Å². The fraction of sp³-hybridized carbons (Fsp3) is 0.0606. The number of aromatic amines is 1. The van der Waals surface area contributed by atoms with Gasteiger partial charge in [-0.3, -0.25) is 24.7 Å². The van der Waals surface area contributed by atoms with Crippen molar-refractivity contribution in [2.75, 3.05) is 22.7 Å². The van der Waals surface area contributed by atoms with Gasteiger partial charge in [-0.05, 0) is 72.5 Å². The summed E-state index contributed by atoms with van der Waals surface area (Å²) in [7, 11) is 1.60. The predicted octanol–water partition coefficient (Wildman–Crippen LogP) is 4.69. The van der Waals surface area contributed by atoms with Gasteiger partial charge in [0.05, 0.1) is 22.3 Å². The Morgan fingerprint density at radius 1 is 0.911 bits per heavy atom. The number of carbonyl (C=O) groups excluding carboxylic acids is 2. The molecule has 12 nitrogen and oxygen atoms in total. The molecule has 0 radical (unpaired) electrons. The van der Waals surface area contributed by atoms with Crippen LogP contribution in [0, 0.1) is 6.92 Å². The van der Waals surface area contributed by atoms with Crippen molar-refractivity contribution in [3.63, 3.8) is 0 Å². The van der Waals surface area contributed by atoms with E-state index in [0.29, 0.717) is 44.6 Å². The quantitative estimate of drug-likeness (QED) is 0.160. The lowest BCUT2D eigenvalue weighted by atomic mass is 10.1. The minimum atomic E-state index is -1.06. The van der Waals surface area contributed by atoms with Crippen molar-refractivity contribution in [2.24, 2.45) is 0 Å². The summed E-state index contributed by atoms with van der Waals surface area (Å²) in [5, 5.41) is 13.2. The number of anilines is 2. The zero-order valence-electron chi connectivity index (χ0n) is 24.1. The third kappa shape index (κ3) is 5.43. The second kappa shape index (κ2) is 11.3. The van der Waals surface area contributed by atoms with Crippen LogP contribution in [0.4, 0.5) is 16.2 Å². The molecule has 0 fully saturated rings. The normalized spacial score (nSPS) is 11.0. The lowest BCUT2D eigenvalue weighted by Gasteiger charge is -2.17. The molecular weight excluding hydrogens is 576 g/mol. The van der Waals surface area contributed by atoms with Crippen molar-refractivity contribution < 1.29 is 19.5 Å². The molecule has 2 aromatic heterocycles. The zero-order chi connectivity index (χ0) is 31.8. The van der Waals surface area contributed by atoms with E-state index in [1.54, 1.807) is 73.4 Å². The van der Waals surface area contributed by atoms with Crippen molar-refractivity contribution >= 4 is 51.1 Å². The molecule has 4 aromatic carbocycles. The van der Waals surface area contributed by atoms with Crippen LogP contribution in [0.25, 0.3) is 27.5 Å². The Hall–Kier alpha value is -6.43. The number of hydrogen-bond donors (Lipinski definition) is 4. The minimum Gasteiger partial charge on any atom is -0.478 e. The maximum Gasteiger partial charge on any atom is 0.335 e. The Bertz CT molecular complexity index is 2260. The number of urea groups is 1. The van der Waals surface area contributed by atoms with Gasteiger partial charge in [0, 0.05) is 41.8 Å². The number of aromatic nitrogens is 3. The van der Waals surface area contributed by atoms with E-state index in [1.807, 2.05) is 18.2 Å². The molecule has 0 spiro atoms. The molecular formula is C33H26N6O6. The summed E-state index contributed by atoms with van der Waals surface area (Å²) in [6.07, 6.45) is 3.51. The summed E-state index contributed by atoms with van der Waals surface area (Å²) in [5.74, 6) is -1.60. The van der Waals surface area contributed by atoms with E-state index < -0.39 is 29.0 Å². The number of aromatic carboxylic acids is 1. The molecule has 4 N–H and O–H groups in total. The second-order valence-corrected chi connectivity index (χ2v) is 10.4. The number of benzene rings is 4. The predicted molar refractivity (Wildman–Crippen MR) is 171 cm³/mol. The van der Waals surface area contributed by atoms with Crippen molar-refractivity contribution in [3.8, 4) is 5.69 Å². The fourth-order valence-corrected chi connectivity index (χ4v) is 5.03. The topological polar surface area (TPSA) is 159 Å². The minimum absolute atomic E-state index is 0.110. The van der Waals surface area contributed by atoms with Crippen LogP contribution in [-0.2, 0) is 0 Å². The van der Waals surface area contributed by atoms with E-state index in [9.17, 15) is 24.0 Å². The van der Waals surface area contributed by atoms with Gasteiger partial charge in [0.25, 0.3) is 5.91 Å². The fourth-order valence-electron chi connectivity index (χ4n) is 5.03. The number of nitrogens with one attached hydrogen (secondary N) is 3. The Labute approximate surface area is 254 Å². The molecule has 45 heavy (non-hydrogen) atoms. The van der Waals surface area contributed by atoms with Crippen LogP contribution in [-0.4, -0.2) is 44.3 Å². The van der Waals surface area contributed by atoms with E-state index in [2.05, 4.69) is 15.7 Å². The molecule has 0 aliphatic heterocycles. The average molecular weight is 603 g/mol. The lowest BCUT2D eigenvalue weighted by molar-refractivity contribution is 0.0696. The highest BCUT2D eigenvalue weighted by atomic mass is 16.4. The SMILES string of the molecule is Cc1ccccc1C(=O)Nn1c(=O)c(=O)[nH]c2ccc3ccc(-n4ccc(N(C)C(=O)Nc5ccc(C(=O)O)cc5)c4)cc3c21. The monoisotopic (exact) mass is 602 g/mol. The van der Waals surface area contributed by atoms with Gasteiger partial charge < -0.3 is 20.0 Å². The molecule has 6 rings (SSSR count). The smallest absolute Gasteiger partial charge is 0.335 e. The zero-order valence-corrected chi connectivity index (χ0v) is 24.1. The standard InChI is InChI=1S/C33H26N6O6/c1-19-5-3-4-6-25(19)29(40)36-39-28-26-17-23(13-9-20(26)10-14-27(28)35-30(41)31(39)42)38-16-15-24(18-38)37(2)33(45)34-22-11-7-21(8-12-22)32(43)44/h3-18H,1-2H3,(H,34,45)(H,35,41)(H,36,40)(H,43,44). The Balaban J connectivity index is 1.35. The van der Waals surface area contributed by atoms with Gasteiger partial charge in [-0.15, -0.1) is 0 Å². The molecule has 0 aliphatic carbocycles. The van der Waals surface area contributed by atoms with Crippen LogP contribution in [0.1, 0.15) is 26.3 Å². The van der Waals surface area contributed by atoms with Gasteiger partial charge in [-0.2, -0.15) is 0 Å². The van der Waals surface area contributed by atoms with Crippen LogP contribution in [0.3, 0.4) is 0 Å². The van der Waals surface area contributed by atoms with Gasteiger partial charge in [0.1, 0.15) is 0 Å². The van der Waals surface area contributed by atoms with Crippen LogP contribution < -0.4 is 26.8 Å². The van der Waals surface area contributed by atoms with Gasteiger partial charge in [-0.25, -0.2) is 14.3 Å². The number of fused-ring (bicyclic) bond motifs is 3. The molecule has 0 aliphatic rings. The number of amides is 3. The molecule has 0 atom stereocenters. The number of rotatable bonds is 6. The highest BCUT2D eigenvalue weighted by molar-refractivity contribution is 6.07. The highest BCUT2D eigenvalue weighted by Gasteiger charge is 2.17. The third-order valence-corrected chi connectivity index (χ3v) is 7.50. The van der Waals surface area contributed by atoms with Crippen molar-refractivity contribution in [1.82, 2.24) is 14.2 Å². The largest absolute Gasteiger partial charge is 0.478 e. The van der Waals surface area contributed by atoms with Gasteiger partial charge >= 0.3 is 23.1 Å². The van der Waals surface area contributed by atoms with Crippen LogP contribution in [0.5, 0.6) is 0 Å². The molecule has 0 bridgehead atoms. The first-order valence-electron chi connectivity index (χ1n) is 13.8. The van der Waals surface area contributed by atoms with E-state index in [-0.39, 0.29) is 5.56 Å². The van der Waals surface area contributed by atoms with Crippen LogP contribution >= 0.6 is 0 Å². The maximum absolute atomic E-state index is 13.2. The number of aryl methyl sites for hydroxylation is 1. The molecule has 6 aromatic rings. The number of carboxylic acids is 1. The van der Waals surface area contributed by atoms with E-state index in [1.165, 1.54) is 29.2 Å². The average Bonchev–Trinajstić information content (AvgIpc) is 3.53. The molecule has 3 amide bonds. The lowest BCUT2D eigenvalue weighted by Crippen LogP contribution is -2.42. The highest BCUT2D eigenvalue weighted by Crippen LogP contribution is 2.27. The first-order chi connectivity index (χ1) is 21.6. The summed E-state index contributed by atoms with van der Waals surface area (Å²) in [6.45, 7) is 1.78. The first-order valence-corrected chi connectivity index (χ1v) is 13.8. The Kier molecular flexibility index (Phi) is 7.23. The number of H-pyrrole nitrogens is 1.